The molecule has 22 heavy (non-hydrogen) atoms. The van der Waals surface area contributed by atoms with Crippen molar-refractivity contribution < 1.29 is 9.90 Å². The van der Waals surface area contributed by atoms with Crippen LogP contribution in [0.1, 0.15) is 23.2 Å². The zero-order valence-electron chi connectivity index (χ0n) is 11.9. The number of halogens is 1. The lowest BCUT2D eigenvalue weighted by molar-refractivity contribution is 0.102. The molecular formula is C16H16BrN3O2. The summed E-state index contributed by atoms with van der Waals surface area (Å²) in [6.07, 6.45) is 4.18. The van der Waals surface area contributed by atoms with Crippen molar-refractivity contribution >= 4 is 33.3 Å². The van der Waals surface area contributed by atoms with Crippen LogP contribution >= 0.6 is 15.9 Å². The van der Waals surface area contributed by atoms with Gasteiger partial charge in [-0.25, -0.2) is 4.98 Å². The Kier molecular flexibility index (Phi) is 4.29. The second kappa shape index (κ2) is 6.36. The maximum absolute atomic E-state index is 12.2. The van der Waals surface area contributed by atoms with E-state index < -0.39 is 0 Å². The molecule has 3 rings (SSSR count). The van der Waals surface area contributed by atoms with E-state index in [2.05, 4.69) is 31.1 Å². The summed E-state index contributed by atoms with van der Waals surface area (Å²) in [5.74, 6) is 0.0157. The smallest absolute Gasteiger partial charge is 0.260 e. The zero-order chi connectivity index (χ0) is 15.5. The van der Waals surface area contributed by atoms with Crippen molar-refractivity contribution in [2.45, 2.75) is 12.8 Å². The average Bonchev–Trinajstić information content (AvgIpc) is 3.05. The van der Waals surface area contributed by atoms with Gasteiger partial charge in [0.1, 0.15) is 11.6 Å². The highest BCUT2D eigenvalue weighted by molar-refractivity contribution is 9.10. The van der Waals surface area contributed by atoms with Gasteiger partial charge in [-0.05, 0) is 43.2 Å². The predicted octanol–water partition coefficient (Wildman–Crippen LogP) is 3.40. The van der Waals surface area contributed by atoms with E-state index in [0.29, 0.717) is 5.82 Å². The molecule has 1 fully saturated rings. The number of benzene rings is 1. The van der Waals surface area contributed by atoms with Crippen LogP contribution in [-0.4, -0.2) is 29.1 Å². The van der Waals surface area contributed by atoms with Crippen LogP contribution in [0, 0.1) is 0 Å². The first-order valence-corrected chi connectivity index (χ1v) is 7.93. The summed E-state index contributed by atoms with van der Waals surface area (Å²) in [5, 5.41) is 12.5. The Balaban J connectivity index is 1.72. The molecule has 1 aliphatic heterocycles. The van der Waals surface area contributed by atoms with Crippen molar-refractivity contribution in [2.75, 3.05) is 23.3 Å². The van der Waals surface area contributed by atoms with Crippen molar-refractivity contribution in [3.8, 4) is 5.75 Å². The number of hydrogen-bond donors (Lipinski definition) is 2. The molecule has 0 saturated carbocycles. The maximum Gasteiger partial charge on any atom is 0.260 e. The topological polar surface area (TPSA) is 65.5 Å². The van der Waals surface area contributed by atoms with E-state index in [1.165, 1.54) is 18.9 Å². The summed E-state index contributed by atoms with van der Waals surface area (Å²) < 4.78 is 0.729. The molecule has 2 aromatic rings. The fraction of sp³-hybridized carbons (Fsp3) is 0.250. The average molecular weight is 362 g/mol. The van der Waals surface area contributed by atoms with Gasteiger partial charge in [-0.3, -0.25) is 4.79 Å². The quantitative estimate of drug-likeness (QED) is 0.879. The molecule has 1 saturated heterocycles. The van der Waals surface area contributed by atoms with Crippen molar-refractivity contribution in [3.05, 3.63) is 46.6 Å². The lowest BCUT2D eigenvalue weighted by atomic mass is 10.2. The fourth-order valence-electron chi connectivity index (χ4n) is 2.50. The van der Waals surface area contributed by atoms with Crippen LogP contribution in [0.15, 0.2) is 41.0 Å². The molecule has 0 atom stereocenters. The van der Waals surface area contributed by atoms with Gasteiger partial charge >= 0.3 is 0 Å². The van der Waals surface area contributed by atoms with Gasteiger partial charge in [0.2, 0.25) is 0 Å². The molecule has 1 aromatic carbocycles. The highest BCUT2D eigenvalue weighted by Crippen LogP contribution is 2.24. The zero-order valence-corrected chi connectivity index (χ0v) is 13.5. The van der Waals surface area contributed by atoms with Gasteiger partial charge in [0, 0.05) is 17.6 Å². The maximum atomic E-state index is 12.2. The van der Waals surface area contributed by atoms with Crippen LogP contribution in [0.25, 0.3) is 0 Å². The van der Waals surface area contributed by atoms with E-state index >= 15 is 0 Å². The molecule has 2 N–H and O–H groups in total. The Morgan fingerprint density at radius 3 is 2.68 bits per heavy atom. The number of carbonyl (C=O) groups is 1. The van der Waals surface area contributed by atoms with Crippen LogP contribution in [-0.2, 0) is 0 Å². The number of nitrogens with zero attached hydrogens (tertiary/aromatic N) is 2. The lowest BCUT2D eigenvalue weighted by Gasteiger charge is -2.17. The fourth-order valence-corrected chi connectivity index (χ4v) is 2.86. The Bertz CT molecular complexity index is 682. The van der Waals surface area contributed by atoms with Crippen LogP contribution in [0.3, 0.4) is 0 Å². The number of amides is 1. The minimum absolute atomic E-state index is 0.0608. The number of anilines is 2. The molecule has 2 heterocycles. The van der Waals surface area contributed by atoms with E-state index in [1.807, 2.05) is 6.07 Å². The van der Waals surface area contributed by atoms with Crippen molar-refractivity contribution in [1.82, 2.24) is 4.98 Å². The van der Waals surface area contributed by atoms with E-state index in [4.69, 9.17) is 0 Å². The van der Waals surface area contributed by atoms with Gasteiger partial charge < -0.3 is 15.3 Å². The first-order chi connectivity index (χ1) is 10.6. The largest absolute Gasteiger partial charge is 0.507 e. The SMILES string of the molecule is O=C(Nc1ccc(N2CCCC2)cn1)c1cc(Br)ccc1O. The third-order valence-electron chi connectivity index (χ3n) is 3.66. The summed E-state index contributed by atoms with van der Waals surface area (Å²) in [5.41, 5.74) is 1.28. The summed E-state index contributed by atoms with van der Waals surface area (Å²) in [6.45, 7) is 2.11. The third kappa shape index (κ3) is 3.22. The Hall–Kier alpha value is -2.08. The molecule has 0 radical (unpaired) electrons. The van der Waals surface area contributed by atoms with E-state index in [1.54, 1.807) is 24.4 Å². The summed E-state index contributed by atoms with van der Waals surface area (Å²) in [4.78, 5) is 18.7. The van der Waals surface area contributed by atoms with Gasteiger partial charge in [-0.1, -0.05) is 15.9 Å². The standard InChI is InChI=1S/C16H16BrN3O2/c17-11-3-5-14(21)13(9-11)16(22)19-15-6-4-12(10-18-15)20-7-1-2-8-20/h3-6,9-10,21H,1-2,7-8H2,(H,18,19,22). The number of carbonyl (C=O) groups excluding carboxylic acids is 1. The number of pyridine rings is 1. The second-order valence-electron chi connectivity index (χ2n) is 5.21. The molecule has 0 unspecified atom stereocenters. The van der Waals surface area contributed by atoms with Crippen molar-refractivity contribution in [3.63, 3.8) is 0 Å². The number of aromatic nitrogens is 1. The molecule has 5 nitrogen and oxygen atoms in total. The molecular weight excluding hydrogens is 346 g/mol. The summed E-state index contributed by atoms with van der Waals surface area (Å²) >= 11 is 3.28. The monoisotopic (exact) mass is 361 g/mol. The molecule has 6 heteroatoms. The third-order valence-corrected chi connectivity index (χ3v) is 4.16. The van der Waals surface area contributed by atoms with E-state index in [9.17, 15) is 9.90 Å². The summed E-state index contributed by atoms with van der Waals surface area (Å²) in [6, 6.07) is 8.46. The predicted molar refractivity (Wildman–Crippen MR) is 89.4 cm³/mol. The molecule has 1 amide bonds. The van der Waals surface area contributed by atoms with Crippen LogP contribution in [0.5, 0.6) is 5.75 Å². The summed E-state index contributed by atoms with van der Waals surface area (Å²) in [7, 11) is 0. The first-order valence-electron chi connectivity index (χ1n) is 7.14. The minimum Gasteiger partial charge on any atom is -0.507 e. The molecule has 0 aliphatic carbocycles. The lowest BCUT2D eigenvalue weighted by Crippen LogP contribution is -2.18. The van der Waals surface area contributed by atoms with Crippen molar-refractivity contribution in [2.24, 2.45) is 0 Å². The first kappa shape index (κ1) is 14.8. The Labute approximate surface area is 137 Å². The molecule has 114 valence electrons. The van der Waals surface area contributed by atoms with Gasteiger partial charge in [0.15, 0.2) is 0 Å². The number of phenolic OH excluding ortho intramolecular Hbond substituents is 1. The minimum atomic E-state index is -0.389. The number of rotatable bonds is 3. The Morgan fingerprint density at radius 2 is 2.00 bits per heavy atom. The van der Waals surface area contributed by atoms with Gasteiger partial charge in [0.05, 0.1) is 17.4 Å². The van der Waals surface area contributed by atoms with Crippen LogP contribution in [0.2, 0.25) is 0 Å². The van der Waals surface area contributed by atoms with Crippen LogP contribution in [0.4, 0.5) is 11.5 Å². The molecule has 1 aliphatic rings. The molecule has 1 aromatic heterocycles. The van der Waals surface area contributed by atoms with Gasteiger partial charge in [-0.2, -0.15) is 0 Å². The number of phenols is 1. The van der Waals surface area contributed by atoms with E-state index in [-0.39, 0.29) is 17.2 Å². The van der Waals surface area contributed by atoms with Crippen molar-refractivity contribution in [1.29, 1.82) is 0 Å². The highest BCUT2D eigenvalue weighted by atomic mass is 79.9. The normalized spacial score (nSPS) is 14.1. The number of aromatic hydroxyl groups is 1. The van der Waals surface area contributed by atoms with E-state index in [0.717, 1.165) is 23.2 Å². The van der Waals surface area contributed by atoms with Gasteiger partial charge in [0.25, 0.3) is 5.91 Å². The number of hydrogen-bond acceptors (Lipinski definition) is 4. The van der Waals surface area contributed by atoms with Crippen LogP contribution < -0.4 is 10.2 Å². The second-order valence-corrected chi connectivity index (χ2v) is 6.13. The van der Waals surface area contributed by atoms with Gasteiger partial charge in [-0.15, -0.1) is 0 Å². The molecule has 0 bridgehead atoms. The molecule has 0 spiro atoms. The number of nitrogens with one attached hydrogen (secondary N) is 1. The highest BCUT2D eigenvalue weighted by Gasteiger charge is 2.14. The Morgan fingerprint density at radius 1 is 1.23 bits per heavy atom.